The molecule has 1 saturated heterocycles. The van der Waals surface area contributed by atoms with Crippen molar-refractivity contribution in [1.82, 2.24) is 15.0 Å². The van der Waals surface area contributed by atoms with Gasteiger partial charge in [0.15, 0.2) is 5.76 Å². The number of aromatic nitrogens is 1. The zero-order chi connectivity index (χ0) is 13.1. The van der Waals surface area contributed by atoms with E-state index in [-0.39, 0.29) is 0 Å². The zero-order valence-electron chi connectivity index (χ0n) is 11.2. The number of nitrogens with zero attached hydrogens (tertiary/aromatic N) is 3. The summed E-state index contributed by atoms with van der Waals surface area (Å²) in [6.45, 7) is 8.39. The quantitative estimate of drug-likeness (QED) is 0.859. The number of aryl methyl sites for hydroxylation is 1. The van der Waals surface area contributed by atoms with Crippen molar-refractivity contribution in [1.29, 1.82) is 0 Å². The minimum absolute atomic E-state index is 0.882. The Labute approximate surface area is 117 Å². The van der Waals surface area contributed by atoms with Crippen LogP contribution in [0.3, 0.4) is 0 Å². The molecule has 3 heterocycles. The molecule has 1 fully saturated rings. The van der Waals surface area contributed by atoms with E-state index in [4.69, 9.17) is 4.52 Å². The molecule has 0 aromatic carbocycles. The molecular formula is C14H19N3OS. The van der Waals surface area contributed by atoms with Gasteiger partial charge >= 0.3 is 0 Å². The van der Waals surface area contributed by atoms with E-state index in [0.29, 0.717) is 0 Å². The fourth-order valence-corrected chi connectivity index (χ4v) is 3.12. The van der Waals surface area contributed by atoms with Gasteiger partial charge < -0.3 is 4.52 Å². The Morgan fingerprint density at radius 2 is 1.95 bits per heavy atom. The predicted octanol–water partition coefficient (Wildman–Crippen LogP) is 2.36. The Balaban J connectivity index is 1.46. The Bertz CT molecular complexity index is 501. The summed E-state index contributed by atoms with van der Waals surface area (Å²) in [5, 5.41) is 8.33. The molecule has 0 N–H and O–H groups in total. The molecule has 0 radical (unpaired) electrons. The topological polar surface area (TPSA) is 32.5 Å². The Hall–Kier alpha value is -1.17. The van der Waals surface area contributed by atoms with E-state index < -0.39 is 0 Å². The van der Waals surface area contributed by atoms with Gasteiger partial charge in [-0.1, -0.05) is 5.16 Å². The third-order valence-corrected chi connectivity index (χ3v) is 4.24. The Morgan fingerprint density at radius 3 is 2.53 bits per heavy atom. The molecule has 1 aliphatic rings. The summed E-state index contributed by atoms with van der Waals surface area (Å²) in [7, 11) is 0. The van der Waals surface area contributed by atoms with Crippen molar-refractivity contribution in [3.05, 3.63) is 39.9 Å². The maximum atomic E-state index is 5.28. The molecule has 3 rings (SSSR count). The molecule has 0 bridgehead atoms. The lowest BCUT2D eigenvalue weighted by Gasteiger charge is -2.33. The summed E-state index contributed by atoms with van der Waals surface area (Å²) in [5.41, 5.74) is 2.40. The van der Waals surface area contributed by atoms with E-state index in [9.17, 15) is 0 Å². The van der Waals surface area contributed by atoms with Gasteiger partial charge in [-0.15, -0.1) is 0 Å². The highest BCUT2D eigenvalue weighted by atomic mass is 32.1. The molecule has 1 aliphatic heterocycles. The number of rotatable bonds is 4. The lowest BCUT2D eigenvalue weighted by molar-refractivity contribution is 0.114. The third-order valence-electron chi connectivity index (χ3n) is 3.51. The molecule has 19 heavy (non-hydrogen) atoms. The first kappa shape index (κ1) is 12.8. The number of hydrogen-bond acceptors (Lipinski definition) is 5. The molecule has 0 atom stereocenters. The highest BCUT2D eigenvalue weighted by molar-refractivity contribution is 7.07. The Kier molecular flexibility index (Phi) is 3.96. The summed E-state index contributed by atoms with van der Waals surface area (Å²) in [5.74, 6) is 0.976. The minimum Gasteiger partial charge on any atom is -0.360 e. The van der Waals surface area contributed by atoms with Gasteiger partial charge in [-0.25, -0.2) is 0 Å². The molecule has 0 aliphatic carbocycles. The second-order valence-electron chi connectivity index (χ2n) is 5.12. The number of hydrogen-bond donors (Lipinski definition) is 0. The van der Waals surface area contributed by atoms with Crippen LogP contribution < -0.4 is 0 Å². The van der Waals surface area contributed by atoms with Crippen LogP contribution in [-0.2, 0) is 13.1 Å². The number of piperazine rings is 1. The van der Waals surface area contributed by atoms with Gasteiger partial charge in [-0.3, -0.25) is 9.80 Å². The van der Waals surface area contributed by atoms with Crippen LogP contribution >= 0.6 is 11.3 Å². The molecule has 5 heteroatoms. The average molecular weight is 277 g/mol. The molecule has 102 valence electrons. The second-order valence-corrected chi connectivity index (χ2v) is 5.90. The lowest BCUT2D eigenvalue weighted by atomic mass is 10.2. The van der Waals surface area contributed by atoms with E-state index >= 15 is 0 Å². The van der Waals surface area contributed by atoms with Crippen molar-refractivity contribution in [3.63, 3.8) is 0 Å². The smallest absolute Gasteiger partial charge is 0.150 e. The summed E-state index contributed by atoms with van der Waals surface area (Å²) >= 11 is 1.78. The van der Waals surface area contributed by atoms with Gasteiger partial charge in [0.05, 0.1) is 12.2 Å². The van der Waals surface area contributed by atoms with E-state index in [2.05, 4.69) is 31.8 Å². The molecule has 2 aromatic rings. The van der Waals surface area contributed by atoms with E-state index in [1.807, 2.05) is 13.0 Å². The average Bonchev–Trinajstić information content (AvgIpc) is 3.04. The zero-order valence-corrected chi connectivity index (χ0v) is 12.0. The van der Waals surface area contributed by atoms with Crippen molar-refractivity contribution in [3.8, 4) is 0 Å². The third kappa shape index (κ3) is 3.43. The van der Waals surface area contributed by atoms with Crippen molar-refractivity contribution in [2.75, 3.05) is 26.2 Å². The molecule has 4 nitrogen and oxygen atoms in total. The van der Waals surface area contributed by atoms with Crippen molar-refractivity contribution in [2.24, 2.45) is 0 Å². The maximum Gasteiger partial charge on any atom is 0.150 e. The monoisotopic (exact) mass is 277 g/mol. The Morgan fingerprint density at radius 1 is 1.21 bits per heavy atom. The van der Waals surface area contributed by atoms with Crippen molar-refractivity contribution in [2.45, 2.75) is 20.0 Å². The van der Waals surface area contributed by atoms with Crippen LogP contribution in [0.2, 0.25) is 0 Å². The normalized spacial score (nSPS) is 17.9. The second kappa shape index (κ2) is 5.86. The van der Waals surface area contributed by atoms with Gasteiger partial charge in [0, 0.05) is 38.8 Å². The van der Waals surface area contributed by atoms with Crippen LogP contribution in [0, 0.1) is 6.92 Å². The highest BCUT2D eigenvalue weighted by Gasteiger charge is 2.18. The first-order valence-electron chi connectivity index (χ1n) is 6.67. The first-order chi connectivity index (χ1) is 9.29. The van der Waals surface area contributed by atoms with Crippen LogP contribution in [0.15, 0.2) is 27.4 Å². The van der Waals surface area contributed by atoms with Gasteiger partial charge in [0.25, 0.3) is 0 Å². The van der Waals surface area contributed by atoms with E-state index in [1.165, 1.54) is 5.56 Å². The van der Waals surface area contributed by atoms with Crippen molar-refractivity contribution < 1.29 is 4.52 Å². The van der Waals surface area contributed by atoms with Gasteiger partial charge in [0.1, 0.15) is 0 Å². The lowest BCUT2D eigenvalue weighted by Crippen LogP contribution is -2.45. The summed E-state index contributed by atoms with van der Waals surface area (Å²) in [6, 6.07) is 4.24. The van der Waals surface area contributed by atoms with Crippen LogP contribution in [-0.4, -0.2) is 41.1 Å². The highest BCUT2D eigenvalue weighted by Crippen LogP contribution is 2.13. The van der Waals surface area contributed by atoms with Crippen LogP contribution in [0.1, 0.15) is 17.0 Å². The van der Waals surface area contributed by atoms with E-state index in [1.54, 1.807) is 11.3 Å². The summed E-state index contributed by atoms with van der Waals surface area (Å²) < 4.78 is 5.28. The minimum atomic E-state index is 0.882. The van der Waals surface area contributed by atoms with Gasteiger partial charge in [-0.05, 0) is 29.3 Å². The van der Waals surface area contributed by atoms with E-state index in [0.717, 1.165) is 50.7 Å². The molecular weight excluding hydrogens is 258 g/mol. The van der Waals surface area contributed by atoms with Gasteiger partial charge in [-0.2, -0.15) is 11.3 Å². The standard InChI is InChI=1S/C14H19N3OS/c1-12-8-14(18-15-12)10-17-5-3-16(4-6-17)9-13-2-7-19-11-13/h2,7-8,11H,3-6,9-10H2,1H3. The van der Waals surface area contributed by atoms with Crippen LogP contribution in [0.4, 0.5) is 0 Å². The fourth-order valence-electron chi connectivity index (χ4n) is 2.46. The maximum absolute atomic E-state index is 5.28. The molecule has 2 aromatic heterocycles. The van der Waals surface area contributed by atoms with Crippen LogP contribution in [0.25, 0.3) is 0 Å². The largest absolute Gasteiger partial charge is 0.360 e. The molecule has 0 spiro atoms. The molecule has 0 amide bonds. The fraction of sp³-hybridized carbons (Fsp3) is 0.500. The molecule has 0 saturated carbocycles. The number of thiophene rings is 1. The summed E-state index contributed by atoms with van der Waals surface area (Å²) in [4.78, 5) is 4.95. The van der Waals surface area contributed by atoms with Crippen LogP contribution in [0.5, 0.6) is 0 Å². The first-order valence-corrected chi connectivity index (χ1v) is 7.62. The SMILES string of the molecule is Cc1cc(CN2CCN(Cc3ccsc3)CC2)on1. The predicted molar refractivity (Wildman–Crippen MR) is 76.1 cm³/mol. The van der Waals surface area contributed by atoms with Crippen molar-refractivity contribution >= 4 is 11.3 Å². The van der Waals surface area contributed by atoms with Gasteiger partial charge in [0.2, 0.25) is 0 Å². The summed E-state index contributed by atoms with van der Waals surface area (Å²) in [6.07, 6.45) is 0. The molecule has 0 unspecified atom stereocenters.